The molecule has 1 aliphatic rings. The second kappa shape index (κ2) is 6.37. The summed E-state index contributed by atoms with van der Waals surface area (Å²) in [6.07, 6.45) is 8.25. The number of nitrogens with zero attached hydrogens (tertiary/aromatic N) is 2. The van der Waals surface area contributed by atoms with E-state index in [-0.39, 0.29) is 5.56 Å². The molecule has 0 spiro atoms. The number of halogens is 1. The molecule has 1 aromatic heterocycles. The van der Waals surface area contributed by atoms with Crippen LogP contribution in [0.1, 0.15) is 32.6 Å². The number of allylic oxidation sites excluding steroid dienone is 1. The van der Waals surface area contributed by atoms with E-state index in [9.17, 15) is 4.79 Å². The monoisotopic (exact) mass is 325 g/mol. The van der Waals surface area contributed by atoms with Gasteiger partial charge in [-0.15, -0.1) is 6.58 Å². The Labute approximate surface area is 122 Å². The van der Waals surface area contributed by atoms with Crippen molar-refractivity contribution in [2.45, 2.75) is 45.2 Å². The standard InChI is InChI=1S/C14H20BrN3O/c1-3-7-18-14(19)13(15)12(9-16-18)17-11-6-4-5-10(2)8-11/h3,9-11,17H,1,4-8H2,2H3. The molecule has 0 aliphatic heterocycles. The van der Waals surface area contributed by atoms with E-state index in [1.165, 1.54) is 17.5 Å². The zero-order chi connectivity index (χ0) is 13.8. The minimum absolute atomic E-state index is 0.117. The van der Waals surface area contributed by atoms with E-state index in [0.29, 0.717) is 17.1 Å². The fourth-order valence-corrected chi connectivity index (χ4v) is 3.02. The lowest BCUT2D eigenvalue weighted by atomic mass is 9.87. The van der Waals surface area contributed by atoms with Gasteiger partial charge in [-0.05, 0) is 34.7 Å². The summed E-state index contributed by atoms with van der Waals surface area (Å²) in [5.74, 6) is 0.749. The predicted octanol–water partition coefficient (Wildman–Crippen LogP) is 3.18. The minimum Gasteiger partial charge on any atom is -0.380 e. The van der Waals surface area contributed by atoms with Gasteiger partial charge in [-0.1, -0.05) is 25.8 Å². The Morgan fingerprint density at radius 3 is 3.11 bits per heavy atom. The molecule has 19 heavy (non-hydrogen) atoms. The molecule has 0 amide bonds. The molecule has 1 N–H and O–H groups in total. The number of hydrogen-bond acceptors (Lipinski definition) is 3. The van der Waals surface area contributed by atoms with Crippen LogP contribution in [0.3, 0.4) is 0 Å². The van der Waals surface area contributed by atoms with Crippen molar-refractivity contribution in [1.82, 2.24) is 9.78 Å². The Hall–Kier alpha value is -1.10. The molecule has 5 heteroatoms. The van der Waals surface area contributed by atoms with Crippen molar-refractivity contribution < 1.29 is 0 Å². The molecular weight excluding hydrogens is 306 g/mol. The molecule has 4 nitrogen and oxygen atoms in total. The molecule has 2 unspecified atom stereocenters. The van der Waals surface area contributed by atoms with Crippen molar-refractivity contribution >= 4 is 21.6 Å². The largest absolute Gasteiger partial charge is 0.380 e. The summed E-state index contributed by atoms with van der Waals surface area (Å²) in [6, 6.07) is 0.441. The molecule has 0 bridgehead atoms. The quantitative estimate of drug-likeness (QED) is 0.865. The smallest absolute Gasteiger partial charge is 0.283 e. The molecule has 1 aliphatic carbocycles. The van der Waals surface area contributed by atoms with Crippen LogP contribution in [-0.4, -0.2) is 15.8 Å². The van der Waals surface area contributed by atoms with Gasteiger partial charge in [0.2, 0.25) is 0 Å². The molecule has 104 valence electrons. The maximum atomic E-state index is 12.1. The first-order chi connectivity index (χ1) is 9.11. The summed E-state index contributed by atoms with van der Waals surface area (Å²) in [6.45, 7) is 6.33. The molecule has 0 aromatic carbocycles. The lowest BCUT2D eigenvalue weighted by Crippen LogP contribution is -2.29. The average Bonchev–Trinajstić information content (AvgIpc) is 2.39. The molecule has 2 atom stereocenters. The Morgan fingerprint density at radius 1 is 1.63 bits per heavy atom. The van der Waals surface area contributed by atoms with Gasteiger partial charge in [0, 0.05) is 6.04 Å². The van der Waals surface area contributed by atoms with Crippen LogP contribution in [0.5, 0.6) is 0 Å². The molecule has 1 heterocycles. The number of hydrogen-bond donors (Lipinski definition) is 1. The van der Waals surface area contributed by atoms with Gasteiger partial charge in [0.05, 0.1) is 18.4 Å². The van der Waals surface area contributed by atoms with Crippen LogP contribution in [0.15, 0.2) is 28.1 Å². The summed E-state index contributed by atoms with van der Waals surface area (Å²) >= 11 is 3.37. The van der Waals surface area contributed by atoms with Crippen molar-refractivity contribution in [3.05, 3.63) is 33.7 Å². The van der Waals surface area contributed by atoms with Crippen molar-refractivity contribution in [1.29, 1.82) is 0 Å². The molecule has 2 rings (SSSR count). The molecule has 1 aromatic rings. The summed E-state index contributed by atoms with van der Waals surface area (Å²) in [5, 5.41) is 7.59. The normalized spacial score (nSPS) is 23.1. The van der Waals surface area contributed by atoms with E-state index in [1.54, 1.807) is 12.3 Å². The molecule has 1 fully saturated rings. The van der Waals surface area contributed by atoms with Crippen molar-refractivity contribution in [2.24, 2.45) is 5.92 Å². The zero-order valence-corrected chi connectivity index (χ0v) is 12.8. The van der Waals surface area contributed by atoms with Gasteiger partial charge in [0.15, 0.2) is 0 Å². The van der Waals surface area contributed by atoms with Gasteiger partial charge in [0.25, 0.3) is 5.56 Å². The maximum absolute atomic E-state index is 12.1. The first-order valence-corrected chi connectivity index (χ1v) is 7.54. The lowest BCUT2D eigenvalue weighted by Gasteiger charge is -2.28. The fraction of sp³-hybridized carbons (Fsp3) is 0.571. The SMILES string of the molecule is C=CCn1ncc(NC2CCCC(C)C2)c(Br)c1=O. The topological polar surface area (TPSA) is 46.9 Å². The number of aromatic nitrogens is 2. The van der Waals surface area contributed by atoms with Gasteiger partial charge in [0.1, 0.15) is 4.47 Å². The van der Waals surface area contributed by atoms with Crippen LogP contribution in [0.4, 0.5) is 5.69 Å². The van der Waals surface area contributed by atoms with Crippen LogP contribution in [0.2, 0.25) is 0 Å². The lowest BCUT2D eigenvalue weighted by molar-refractivity contribution is 0.358. The van der Waals surface area contributed by atoms with Gasteiger partial charge in [-0.25, -0.2) is 4.68 Å². The van der Waals surface area contributed by atoms with Crippen molar-refractivity contribution in [3.8, 4) is 0 Å². The average molecular weight is 326 g/mol. The molecule has 0 radical (unpaired) electrons. The third-order valence-corrected chi connectivity index (χ3v) is 4.35. The van der Waals surface area contributed by atoms with Crippen LogP contribution in [0, 0.1) is 5.92 Å². The highest BCUT2D eigenvalue weighted by atomic mass is 79.9. The van der Waals surface area contributed by atoms with Gasteiger partial charge >= 0.3 is 0 Å². The predicted molar refractivity (Wildman–Crippen MR) is 81.4 cm³/mol. The number of anilines is 1. The summed E-state index contributed by atoms with van der Waals surface area (Å²) in [5.41, 5.74) is 0.679. The second-order valence-electron chi connectivity index (χ2n) is 5.26. The Balaban J connectivity index is 2.14. The first kappa shape index (κ1) is 14.3. The fourth-order valence-electron chi connectivity index (χ4n) is 2.60. The van der Waals surface area contributed by atoms with Crippen LogP contribution >= 0.6 is 15.9 Å². The summed E-state index contributed by atoms with van der Waals surface area (Å²) in [4.78, 5) is 12.1. The Bertz CT molecular complexity index is 512. The van der Waals surface area contributed by atoms with Gasteiger partial charge in [-0.2, -0.15) is 5.10 Å². The van der Waals surface area contributed by atoms with Crippen LogP contribution in [-0.2, 0) is 6.54 Å². The Kier molecular flexibility index (Phi) is 4.80. The van der Waals surface area contributed by atoms with Gasteiger partial charge in [-0.3, -0.25) is 4.79 Å². The van der Waals surface area contributed by atoms with E-state index in [2.05, 4.69) is 39.8 Å². The van der Waals surface area contributed by atoms with E-state index in [0.717, 1.165) is 24.4 Å². The minimum atomic E-state index is -0.117. The Morgan fingerprint density at radius 2 is 2.42 bits per heavy atom. The summed E-state index contributed by atoms with van der Waals surface area (Å²) < 4.78 is 1.95. The van der Waals surface area contributed by atoms with Crippen LogP contribution < -0.4 is 10.9 Å². The first-order valence-electron chi connectivity index (χ1n) is 6.75. The van der Waals surface area contributed by atoms with Crippen molar-refractivity contribution in [3.63, 3.8) is 0 Å². The third kappa shape index (κ3) is 3.47. The molecule has 1 saturated carbocycles. The van der Waals surface area contributed by atoms with E-state index < -0.39 is 0 Å². The van der Waals surface area contributed by atoms with E-state index in [1.807, 2.05) is 0 Å². The van der Waals surface area contributed by atoms with Crippen molar-refractivity contribution in [2.75, 3.05) is 5.32 Å². The highest BCUT2D eigenvalue weighted by Gasteiger charge is 2.20. The molecule has 0 saturated heterocycles. The number of rotatable bonds is 4. The zero-order valence-electron chi connectivity index (χ0n) is 11.2. The highest BCUT2D eigenvalue weighted by Crippen LogP contribution is 2.27. The molecular formula is C14H20BrN3O. The second-order valence-corrected chi connectivity index (χ2v) is 6.05. The van der Waals surface area contributed by atoms with E-state index in [4.69, 9.17) is 0 Å². The highest BCUT2D eigenvalue weighted by molar-refractivity contribution is 9.10. The van der Waals surface area contributed by atoms with E-state index >= 15 is 0 Å². The van der Waals surface area contributed by atoms with Crippen LogP contribution in [0.25, 0.3) is 0 Å². The number of nitrogens with one attached hydrogen (secondary N) is 1. The third-order valence-electron chi connectivity index (χ3n) is 3.58. The summed E-state index contributed by atoms with van der Waals surface area (Å²) in [7, 11) is 0. The maximum Gasteiger partial charge on any atom is 0.283 e. The van der Waals surface area contributed by atoms with Gasteiger partial charge < -0.3 is 5.32 Å².